The molecule has 7 nitrogen and oxygen atoms in total. The van der Waals surface area contributed by atoms with Gasteiger partial charge in [-0.25, -0.2) is 4.98 Å². The van der Waals surface area contributed by atoms with Gasteiger partial charge in [0.05, 0.1) is 10.6 Å². The molecule has 2 aliphatic rings. The predicted molar refractivity (Wildman–Crippen MR) is 122 cm³/mol. The molecule has 2 saturated heterocycles. The normalized spacial score (nSPS) is 17.4. The van der Waals surface area contributed by atoms with Crippen molar-refractivity contribution in [3.05, 3.63) is 46.6 Å². The number of benzene rings is 1. The number of carbonyl (C=O) groups excluding carboxylic acids is 1. The lowest BCUT2D eigenvalue weighted by Gasteiger charge is -2.35. The number of piperazine rings is 1. The number of rotatable bonds is 3. The van der Waals surface area contributed by atoms with Crippen LogP contribution >= 0.6 is 11.6 Å². The van der Waals surface area contributed by atoms with Gasteiger partial charge in [0, 0.05) is 45.5 Å². The van der Waals surface area contributed by atoms with Gasteiger partial charge in [0.15, 0.2) is 5.58 Å². The first kappa shape index (κ1) is 20.1. The molecule has 0 unspecified atom stereocenters. The van der Waals surface area contributed by atoms with Gasteiger partial charge < -0.3 is 19.1 Å². The number of amides is 1. The van der Waals surface area contributed by atoms with Crippen molar-refractivity contribution >= 4 is 40.4 Å². The molecule has 0 aliphatic carbocycles. The van der Waals surface area contributed by atoms with Crippen LogP contribution in [-0.2, 0) is 0 Å². The molecule has 2 aromatic heterocycles. The molecule has 162 valence electrons. The number of nitrogens with zero attached hydrogens (tertiary/aromatic N) is 5. The molecule has 5 rings (SSSR count). The van der Waals surface area contributed by atoms with E-state index in [9.17, 15) is 4.79 Å². The van der Waals surface area contributed by atoms with Crippen molar-refractivity contribution in [3.8, 4) is 0 Å². The second kappa shape index (κ2) is 8.38. The van der Waals surface area contributed by atoms with Crippen LogP contribution in [0.2, 0.25) is 5.02 Å². The SMILES string of the molecule is Cc1ccc2oc(N3CCN(c4ncc(C(=O)N5CCCCC5)cc4Cl)CC3)nc2c1. The van der Waals surface area contributed by atoms with Gasteiger partial charge in [-0.3, -0.25) is 4.79 Å². The van der Waals surface area contributed by atoms with Gasteiger partial charge in [0.2, 0.25) is 0 Å². The third kappa shape index (κ3) is 4.06. The van der Waals surface area contributed by atoms with E-state index < -0.39 is 0 Å². The summed E-state index contributed by atoms with van der Waals surface area (Å²) in [6.07, 6.45) is 4.98. The van der Waals surface area contributed by atoms with Crippen molar-refractivity contribution in [2.24, 2.45) is 0 Å². The summed E-state index contributed by atoms with van der Waals surface area (Å²) in [6.45, 7) is 6.71. The summed E-state index contributed by atoms with van der Waals surface area (Å²) in [5, 5.41) is 0.522. The first-order valence-corrected chi connectivity index (χ1v) is 11.3. The third-order valence-electron chi connectivity index (χ3n) is 6.09. The summed E-state index contributed by atoms with van der Waals surface area (Å²) < 4.78 is 5.94. The van der Waals surface area contributed by atoms with E-state index >= 15 is 0 Å². The molecule has 2 aliphatic heterocycles. The van der Waals surface area contributed by atoms with Crippen LogP contribution in [0.4, 0.5) is 11.8 Å². The number of piperidine rings is 1. The van der Waals surface area contributed by atoms with Crippen molar-refractivity contribution in [2.75, 3.05) is 49.1 Å². The Bertz CT molecular complexity index is 1100. The monoisotopic (exact) mass is 439 g/mol. The number of fused-ring (bicyclic) bond motifs is 1. The third-order valence-corrected chi connectivity index (χ3v) is 6.37. The zero-order valence-corrected chi connectivity index (χ0v) is 18.4. The van der Waals surface area contributed by atoms with Crippen LogP contribution in [0, 0.1) is 6.92 Å². The number of pyridine rings is 1. The maximum Gasteiger partial charge on any atom is 0.298 e. The molecule has 0 spiro atoms. The summed E-state index contributed by atoms with van der Waals surface area (Å²) in [5.74, 6) is 0.751. The summed E-state index contributed by atoms with van der Waals surface area (Å²) in [4.78, 5) is 28.1. The minimum Gasteiger partial charge on any atom is -0.423 e. The van der Waals surface area contributed by atoms with Gasteiger partial charge in [0.25, 0.3) is 11.9 Å². The number of hydrogen-bond acceptors (Lipinski definition) is 6. The average molecular weight is 440 g/mol. The first-order valence-electron chi connectivity index (χ1n) is 10.9. The van der Waals surface area contributed by atoms with E-state index in [0.29, 0.717) is 16.6 Å². The van der Waals surface area contributed by atoms with Crippen LogP contribution in [-0.4, -0.2) is 60.0 Å². The molecule has 3 aromatic rings. The fourth-order valence-electron chi connectivity index (χ4n) is 4.33. The number of carbonyl (C=O) groups is 1. The Kier molecular flexibility index (Phi) is 5.44. The van der Waals surface area contributed by atoms with Gasteiger partial charge in [-0.15, -0.1) is 0 Å². The maximum absolute atomic E-state index is 12.7. The molecule has 31 heavy (non-hydrogen) atoms. The zero-order valence-electron chi connectivity index (χ0n) is 17.7. The quantitative estimate of drug-likeness (QED) is 0.611. The fraction of sp³-hybridized carbons (Fsp3) is 0.435. The number of anilines is 2. The van der Waals surface area contributed by atoms with Crippen LogP contribution in [0.25, 0.3) is 11.1 Å². The highest BCUT2D eigenvalue weighted by molar-refractivity contribution is 6.33. The van der Waals surface area contributed by atoms with Crippen molar-refractivity contribution in [1.82, 2.24) is 14.9 Å². The number of halogens is 1. The minimum atomic E-state index is 0.0247. The molecule has 0 atom stereocenters. The van der Waals surface area contributed by atoms with Crippen LogP contribution < -0.4 is 9.80 Å². The maximum atomic E-state index is 12.7. The summed E-state index contributed by atoms with van der Waals surface area (Å²) in [6, 6.07) is 8.45. The van der Waals surface area contributed by atoms with E-state index in [-0.39, 0.29) is 5.91 Å². The molecule has 1 amide bonds. The molecular formula is C23H26ClN5O2. The summed E-state index contributed by atoms with van der Waals surface area (Å²) in [7, 11) is 0. The largest absolute Gasteiger partial charge is 0.423 e. The Balaban J connectivity index is 1.26. The molecule has 0 N–H and O–H groups in total. The first-order chi connectivity index (χ1) is 15.1. The highest BCUT2D eigenvalue weighted by Gasteiger charge is 2.25. The Morgan fingerprint density at radius 3 is 2.48 bits per heavy atom. The van der Waals surface area contributed by atoms with Crippen molar-refractivity contribution in [2.45, 2.75) is 26.2 Å². The zero-order chi connectivity index (χ0) is 21.4. The smallest absolute Gasteiger partial charge is 0.298 e. The van der Waals surface area contributed by atoms with Gasteiger partial charge in [-0.1, -0.05) is 17.7 Å². The van der Waals surface area contributed by atoms with Crippen LogP contribution in [0.5, 0.6) is 0 Å². The Morgan fingerprint density at radius 2 is 1.74 bits per heavy atom. The van der Waals surface area contributed by atoms with Crippen LogP contribution in [0.3, 0.4) is 0 Å². The fourth-order valence-corrected chi connectivity index (χ4v) is 4.62. The Morgan fingerprint density at radius 1 is 1.00 bits per heavy atom. The van der Waals surface area contributed by atoms with Gasteiger partial charge in [-0.2, -0.15) is 4.98 Å². The highest BCUT2D eigenvalue weighted by atomic mass is 35.5. The average Bonchev–Trinajstić information content (AvgIpc) is 3.22. The van der Waals surface area contributed by atoms with Crippen LogP contribution in [0.15, 0.2) is 34.9 Å². The summed E-state index contributed by atoms with van der Waals surface area (Å²) >= 11 is 6.55. The molecule has 4 heterocycles. The Hall–Kier alpha value is -2.80. The van der Waals surface area contributed by atoms with Crippen LogP contribution in [0.1, 0.15) is 35.2 Å². The minimum absolute atomic E-state index is 0.0247. The van der Waals surface area contributed by atoms with Crippen molar-refractivity contribution in [3.63, 3.8) is 0 Å². The number of hydrogen-bond donors (Lipinski definition) is 0. The second-order valence-electron chi connectivity index (χ2n) is 8.32. The lowest BCUT2D eigenvalue weighted by molar-refractivity contribution is 0.0724. The molecule has 1 aromatic carbocycles. The van der Waals surface area contributed by atoms with E-state index in [1.165, 1.54) is 12.0 Å². The second-order valence-corrected chi connectivity index (χ2v) is 8.73. The molecule has 0 bridgehead atoms. The van der Waals surface area contributed by atoms with Gasteiger partial charge >= 0.3 is 0 Å². The number of aromatic nitrogens is 2. The van der Waals surface area contributed by atoms with E-state index in [4.69, 9.17) is 16.0 Å². The molecule has 2 fully saturated rings. The summed E-state index contributed by atoms with van der Waals surface area (Å²) in [5.41, 5.74) is 3.42. The lowest BCUT2D eigenvalue weighted by atomic mass is 10.1. The van der Waals surface area contributed by atoms with Crippen molar-refractivity contribution < 1.29 is 9.21 Å². The topological polar surface area (TPSA) is 65.7 Å². The van der Waals surface area contributed by atoms with Gasteiger partial charge in [0.1, 0.15) is 11.3 Å². The lowest BCUT2D eigenvalue weighted by Crippen LogP contribution is -2.47. The van der Waals surface area contributed by atoms with E-state index in [1.54, 1.807) is 12.3 Å². The molecule has 0 radical (unpaired) electrons. The highest BCUT2D eigenvalue weighted by Crippen LogP contribution is 2.28. The Labute approximate surface area is 186 Å². The molecular weight excluding hydrogens is 414 g/mol. The molecule has 0 saturated carbocycles. The number of aryl methyl sites for hydroxylation is 1. The van der Waals surface area contributed by atoms with E-state index in [0.717, 1.165) is 69.0 Å². The number of likely N-dealkylation sites (tertiary alicyclic amines) is 1. The van der Waals surface area contributed by atoms with Gasteiger partial charge in [-0.05, 0) is 49.9 Å². The molecule has 8 heteroatoms. The van der Waals surface area contributed by atoms with E-state index in [2.05, 4.69) is 26.7 Å². The van der Waals surface area contributed by atoms with Crippen molar-refractivity contribution in [1.29, 1.82) is 0 Å². The van der Waals surface area contributed by atoms with E-state index in [1.807, 2.05) is 23.1 Å². The number of oxazole rings is 1. The predicted octanol–water partition coefficient (Wildman–Crippen LogP) is 4.14. The standard InChI is InChI=1S/C23H26ClN5O2/c1-16-5-6-20-19(13-16)26-23(31-20)29-11-9-27(10-12-29)21-18(24)14-17(15-25-21)22(30)28-7-3-2-4-8-28/h5-6,13-15H,2-4,7-12H2,1H3.